The first-order chi connectivity index (χ1) is 11.5. The van der Waals surface area contributed by atoms with E-state index in [1.54, 1.807) is 31.2 Å². The number of ether oxygens (including phenoxy) is 1. The SMILES string of the molecule is CC(=O)N/C(=C\c1ccccc1)C(=O)O[C@@H](C)c1ccccc1Cl. The molecule has 124 valence electrons. The molecule has 0 heterocycles. The van der Waals surface area contributed by atoms with Crippen molar-refractivity contribution in [3.63, 3.8) is 0 Å². The van der Waals surface area contributed by atoms with E-state index < -0.39 is 12.1 Å². The lowest BCUT2D eigenvalue weighted by molar-refractivity contribution is -0.145. The van der Waals surface area contributed by atoms with Crippen LogP contribution >= 0.6 is 11.6 Å². The van der Waals surface area contributed by atoms with Gasteiger partial charge in [-0.15, -0.1) is 0 Å². The van der Waals surface area contributed by atoms with E-state index in [2.05, 4.69) is 5.32 Å². The highest BCUT2D eigenvalue weighted by Crippen LogP contribution is 2.25. The largest absolute Gasteiger partial charge is 0.453 e. The van der Waals surface area contributed by atoms with E-state index in [-0.39, 0.29) is 11.6 Å². The van der Waals surface area contributed by atoms with Crippen LogP contribution in [0.5, 0.6) is 0 Å². The number of halogens is 1. The smallest absolute Gasteiger partial charge is 0.355 e. The molecule has 4 nitrogen and oxygen atoms in total. The van der Waals surface area contributed by atoms with Crippen LogP contribution in [-0.2, 0) is 14.3 Å². The fraction of sp³-hybridized carbons (Fsp3) is 0.158. The van der Waals surface area contributed by atoms with Gasteiger partial charge in [0, 0.05) is 17.5 Å². The van der Waals surface area contributed by atoms with Gasteiger partial charge in [-0.25, -0.2) is 4.79 Å². The van der Waals surface area contributed by atoms with Gasteiger partial charge in [0.05, 0.1) is 0 Å². The summed E-state index contributed by atoms with van der Waals surface area (Å²) in [5.41, 5.74) is 1.56. The third-order valence-corrected chi connectivity index (χ3v) is 3.61. The number of amides is 1. The quantitative estimate of drug-likeness (QED) is 0.656. The molecular formula is C19H18ClNO3. The highest BCUT2D eigenvalue weighted by molar-refractivity contribution is 6.31. The Bertz CT molecular complexity index is 756. The van der Waals surface area contributed by atoms with Crippen LogP contribution in [0.2, 0.25) is 5.02 Å². The lowest BCUT2D eigenvalue weighted by Gasteiger charge is -2.16. The Hall–Kier alpha value is -2.59. The molecule has 1 N–H and O–H groups in total. The third kappa shape index (κ3) is 4.96. The average molecular weight is 344 g/mol. The lowest BCUT2D eigenvalue weighted by Crippen LogP contribution is -2.27. The molecule has 0 radical (unpaired) electrons. The molecule has 0 saturated carbocycles. The van der Waals surface area contributed by atoms with Crippen LogP contribution in [0.4, 0.5) is 0 Å². The predicted molar refractivity (Wildman–Crippen MR) is 94.2 cm³/mol. The highest BCUT2D eigenvalue weighted by Gasteiger charge is 2.18. The number of hydrogen-bond donors (Lipinski definition) is 1. The van der Waals surface area contributed by atoms with Crippen LogP contribution in [-0.4, -0.2) is 11.9 Å². The van der Waals surface area contributed by atoms with Crippen molar-refractivity contribution in [1.82, 2.24) is 5.32 Å². The van der Waals surface area contributed by atoms with Crippen LogP contribution in [0.1, 0.15) is 31.1 Å². The Labute approximate surface area is 146 Å². The van der Waals surface area contributed by atoms with Crippen LogP contribution in [0.25, 0.3) is 6.08 Å². The molecule has 2 rings (SSSR count). The molecule has 0 unspecified atom stereocenters. The zero-order valence-electron chi connectivity index (χ0n) is 13.5. The van der Waals surface area contributed by atoms with Gasteiger partial charge in [-0.2, -0.15) is 0 Å². The van der Waals surface area contributed by atoms with E-state index >= 15 is 0 Å². The number of esters is 1. The van der Waals surface area contributed by atoms with E-state index in [9.17, 15) is 9.59 Å². The Kier molecular flexibility index (Phi) is 6.15. The molecule has 0 aliphatic heterocycles. The van der Waals surface area contributed by atoms with Crippen LogP contribution in [0, 0.1) is 0 Å². The Morgan fingerprint density at radius 1 is 1.08 bits per heavy atom. The van der Waals surface area contributed by atoms with Crippen molar-refractivity contribution in [3.05, 3.63) is 76.4 Å². The Morgan fingerprint density at radius 2 is 1.71 bits per heavy atom. The summed E-state index contributed by atoms with van der Waals surface area (Å²) < 4.78 is 5.45. The average Bonchev–Trinajstić information content (AvgIpc) is 2.55. The minimum atomic E-state index is -0.624. The Balaban J connectivity index is 2.20. The number of benzene rings is 2. The summed E-state index contributed by atoms with van der Waals surface area (Å²) >= 11 is 6.12. The number of hydrogen-bond acceptors (Lipinski definition) is 3. The second-order valence-electron chi connectivity index (χ2n) is 5.22. The maximum absolute atomic E-state index is 12.4. The van der Waals surface area contributed by atoms with Crippen LogP contribution in [0.15, 0.2) is 60.3 Å². The minimum absolute atomic E-state index is 0.0765. The molecule has 2 aromatic rings. The van der Waals surface area contributed by atoms with Gasteiger partial charge in [-0.3, -0.25) is 4.79 Å². The molecule has 0 aliphatic carbocycles. The maximum atomic E-state index is 12.4. The molecule has 0 aromatic heterocycles. The van der Waals surface area contributed by atoms with Gasteiger partial charge in [0.25, 0.3) is 0 Å². The molecule has 0 saturated heterocycles. The molecule has 5 heteroatoms. The van der Waals surface area contributed by atoms with Crippen molar-refractivity contribution in [2.45, 2.75) is 20.0 Å². The van der Waals surface area contributed by atoms with Gasteiger partial charge in [0.1, 0.15) is 11.8 Å². The van der Waals surface area contributed by atoms with E-state index in [4.69, 9.17) is 16.3 Å². The van der Waals surface area contributed by atoms with Gasteiger partial charge >= 0.3 is 5.97 Å². The monoisotopic (exact) mass is 343 g/mol. The fourth-order valence-corrected chi connectivity index (χ4v) is 2.43. The molecule has 1 amide bonds. The first-order valence-corrected chi connectivity index (χ1v) is 7.85. The molecule has 1 atom stereocenters. The second kappa shape index (κ2) is 8.31. The van der Waals surface area contributed by atoms with Gasteiger partial charge in [-0.05, 0) is 24.6 Å². The van der Waals surface area contributed by atoms with Crippen LogP contribution < -0.4 is 5.32 Å². The van der Waals surface area contributed by atoms with Crippen molar-refractivity contribution in [1.29, 1.82) is 0 Å². The first-order valence-electron chi connectivity index (χ1n) is 7.47. The maximum Gasteiger partial charge on any atom is 0.355 e. The summed E-state index contributed by atoms with van der Waals surface area (Å²) in [4.78, 5) is 23.8. The summed E-state index contributed by atoms with van der Waals surface area (Å²) in [7, 11) is 0. The summed E-state index contributed by atoms with van der Waals surface area (Å²) in [6.45, 7) is 3.07. The second-order valence-corrected chi connectivity index (χ2v) is 5.63. The Morgan fingerprint density at radius 3 is 2.33 bits per heavy atom. The summed E-state index contributed by atoms with van der Waals surface area (Å²) in [6, 6.07) is 16.4. The molecule has 0 fully saturated rings. The van der Waals surface area contributed by atoms with Gasteiger partial charge in [0.15, 0.2) is 0 Å². The van der Waals surface area contributed by atoms with Crippen molar-refractivity contribution in [3.8, 4) is 0 Å². The van der Waals surface area contributed by atoms with Crippen molar-refractivity contribution >= 4 is 29.6 Å². The topological polar surface area (TPSA) is 55.4 Å². The minimum Gasteiger partial charge on any atom is -0.453 e. The third-order valence-electron chi connectivity index (χ3n) is 3.27. The van der Waals surface area contributed by atoms with Crippen LogP contribution in [0.3, 0.4) is 0 Å². The number of carbonyl (C=O) groups excluding carboxylic acids is 2. The summed E-state index contributed by atoms with van der Waals surface area (Å²) in [5.74, 6) is -0.971. The van der Waals surface area contributed by atoms with Gasteiger partial charge in [-0.1, -0.05) is 60.1 Å². The van der Waals surface area contributed by atoms with Crippen molar-refractivity contribution < 1.29 is 14.3 Å². The predicted octanol–water partition coefficient (Wildman–Crippen LogP) is 4.12. The molecule has 0 aliphatic rings. The molecular weight excluding hydrogens is 326 g/mol. The van der Waals surface area contributed by atoms with Crippen molar-refractivity contribution in [2.75, 3.05) is 0 Å². The van der Waals surface area contributed by atoms with Crippen molar-refractivity contribution in [2.24, 2.45) is 0 Å². The molecule has 2 aromatic carbocycles. The molecule has 0 spiro atoms. The molecule has 24 heavy (non-hydrogen) atoms. The van der Waals surface area contributed by atoms with E-state index in [0.717, 1.165) is 5.56 Å². The zero-order chi connectivity index (χ0) is 17.5. The zero-order valence-corrected chi connectivity index (χ0v) is 14.2. The highest BCUT2D eigenvalue weighted by atomic mass is 35.5. The van der Waals surface area contributed by atoms with E-state index in [1.807, 2.05) is 36.4 Å². The van der Waals surface area contributed by atoms with Gasteiger partial charge < -0.3 is 10.1 Å². The standard InChI is InChI=1S/C19H18ClNO3/c1-13(16-10-6-7-11-17(16)20)24-19(23)18(21-14(2)22)12-15-8-4-3-5-9-15/h3-13H,1-2H3,(H,21,22)/b18-12-/t13-/m0/s1. The number of carbonyl (C=O) groups is 2. The first kappa shape index (κ1) is 17.8. The van der Waals surface area contributed by atoms with Gasteiger partial charge in [0.2, 0.25) is 5.91 Å². The normalized spacial score (nSPS) is 12.4. The lowest BCUT2D eigenvalue weighted by atomic mass is 10.1. The fourth-order valence-electron chi connectivity index (χ4n) is 2.14. The van der Waals surface area contributed by atoms with E-state index in [0.29, 0.717) is 10.6 Å². The summed E-state index contributed by atoms with van der Waals surface area (Å²) in [6.07, 6.45) is 1.03. The summed E-state index contributed by atoms with van der Waals surface area (Å²) in [5, 5.41) is 3.03. The number of rotatable bonds is 5. The number of nitrogens with one attached hydrogen (secondary N) is 1. The van der Waals surface area contributed by atoms with E-state index in [1.165, 1.54) is 6.92 Å². The molecule has 0 bridgehead atoms.